The summed E-state index contributed by atoms with van der Waals surface area (Å²) in [5.74, 6) is 0.402. The Hall–Kier alpha value is -3.36. The Balaban J connectivity index is 1.43. The highest BCUT2D eigenvalue weighted by Gasteiger charge is 2.31. The number of aromatic nitrogens is 2. The number of benzene rings is 2. The van der Waals surface area contributed by atoms with Crippen LogP contribution in [0.1, 0.15) is 41.3 Å². The Morgan fingerprint density at radius 3 is 2.53 bits per heavy atom. The monoisotopic (exact) mass is 444 g/mol. The van der Waals surface area contributed by atoms with E-state index in [1.54, 1.807) is 4.90 Å². The van der Waals surface area contributed by atoms with Crippen molar-refractivity contribution in [2.75, 3.05) is 18.4 Å². The number of halogens is 3. The Bertz CT molecular complexity index is 1110. The fraction of sp³-hybridized carbons (Fsp3) is 0.348. The minimum Gasteiger partial charge on any atom is -0.420 e. The number of nitrogens with zero attached hydrogens (tertiary/aromatic N) is 3. The van der Waals surface area contributed by atoms with Crippen molar-refractivity contribution >= 4 is 11.7 Å². The second-order valence-electron chi connectivity index (χ2n) is 8.03. The maximum absolute atomic E-state index is 12.8. The number of aryl methyl sites for hydroxylation is 2. The van der Waals surface area contributed by atoms with Crippen molar-refractivity contribution in [3.63, 3.8) is 0 Å². The van der Waals surface area contributed by atoms with Crippen LogP contribution in [-0.4, -0.2) is 34.2 Å². The molecule has 2 aromatic carbocycles. The van der Waals surface area contributed by atoms with Crippen LogP contribution in [-0.2, 0) is 6.18 Å². The lowest BCUT2D eigenvalue weighted by atomic mass is 9.98. The summed E-state index contributed by atoms with van der Waals surface area (Å²) in [5.41, 5.74) is 2.67. The number of anilines is 1. The lowest BCUT2D eigenvalue weighted by molar-refractivity contribution is -0.137. The fourth-order valence-corrected chi connectivity index (χ4v) is 3.70. The molecule has 1 saturated heterocycles. The molecule has 2 heterocycles. The SMILES string of the molecule is Cc1ccc(NC(=O)N2CCCC(c3nnc(-c4ccc(C(F)(F)F)cc4)o3)C2)cc1C. The molecule has 168 valence electrons. The largest absolute Gasteiger partial charge is 0.420 e. The molecule has 6 nitrogen and oxygen atoms in total. The zero-order valence-corrected chi connectivity index (χ0v) is 17.7. The van der Waals surface area contributed by atoms with Crippen molar-refractivity contribution in [3.05, 3.63) is 65.0 Å². The first kappa shape index (κ1) is 21.9. The summed E-state index contributed by atoms with van der Waals surface area (Å²) in [6.45, 7) is 5.05. The van der Waals surface area contributed by atoms with Crippen LogP contribution < -0.4 is 5.32 Å². The molecule has 1 N–H and O–H groups in total. The number of urea groups is 1. The maximum atomic E-state index is 12.8. The van der Waals surface area contributed by atoms with Crippen LogP contribution in [0.4, 0.5) is 23.7 Å². The van der Waals surface area contributed by atoms with Gasteiger partial charge in [0.05, 0.1) is 11.5 Å². The van der Waals surface area contributed by atoms with Crippen LogP contribution in [0.15, 0.2) is 46.9 Å². The van der Waals surface area contributed by atoms with E-state index in [0.717, 1.165) is 41.8 Å². The Kier molecular flexibility index (Phi) is 5.90. The average molecular weight is 444 g/mol. The van der Waals surface area contributed by atoms with E-state index in [4.69, 9.17) is 4.42 Å². The van der Waals surface area contributed by atoms with Crippen molar-refractivity contribution in [2.45, 2.75) is 38.8 Å². The van der Waals surface area contributed by atoms with Crippen LogP contribution >= 0.6 is 0 Å². The lowest BCUT2D eigenvalue weighted by Gasteiger charge is -2.31. The molecule has 0 radical (unpaired) electrons. The van der Waals surface area contributed by atoms with Crippen LogP contribution in [0.5, 0.6) is 0 Å². The molecule has 1 fully saturated rings. The first-order valence-electron chi connectivity index (χ1n) is 10.3. The van der Waals surface area contributed by atoms with Crippen molar-refractivity contribution in [1.82, 2.24) is 15.1 Å². The van der Waals surface area contributed by atoms with Gasteiger partial charge in [-0.3, -0.25) is 0 Å². The standard InChI is InChI=1S/C23H23F3N4O2/c1-14-5-10-19(12-15(14)2)27-22(31)30-11-3-4-17(13-30)21-29-28-20(32-21)16-6-8-18(9-7-16)23(24,25)26/h5-10,12,17H,3-4,11,13H2,1-2H3,(H,27,31). The summed E-state index contributed by atoms with van der Waals surface area (Å²) in [6, 6.07) is 10.2. The molecule has 2 amide bonds. The van der Waals surface area contributed by atoms with E-state index in [0.29, 0.717) is 24.5 Å². The van der Waals surface area contributed by atoms with Crippen LogP contribution in [0.2, 0.25) is 0 Å². The van der Waals surface area contributed by atoms with Gasteiger partial charge in [-0.1, -0.05) is 6.07 Å². The van der Waals surface area contributed by atoms with Gasteiger partial charge < -0.3 is 14.6 Å². The van der Waals surface area contributed by atoms with Gasteiger partial charge in [0, 0.05) is 24.3 Å². The average Bonchev–Trinajstić information content (AvgIpc) is 3.26. The number of alkyl halides is 3. The predicted octanol–water partition coefficient (Wildman–Crippen LogP) is 5.78. The van der Waals surface area contributed by atoms with Gasteiger partial charge in [-0.25, -0.2) is 4.79 Å². The van der Waals surface area contributed by atoms with Crippen LogP contribution in [0, 0.1) is 13.8 Å². The number of rotatable bonds is 3. The Morgan fingerprint density at radius 2 is 1.84 bits per heavy atom. The molecule has 1 aliphatic heterocycles. The van der Waals surface area contributed by atoms with Gasteiger partial charge in [0.15, 0.2) is 0 Å². The normalized spacial score (nSPS) is 16.8. The summed E-state index contributed by atoms with van der Waals surface area (Å²) < 4.78 is 44.0. The second kappa shape index (κ2) is 8.64. The highest BCUT2D eigenvalue weighted by atomic mass is 19.4. The molecule has 1 atom stereocenters. The number of amides is 2. The highest BCUT2D eigenvalue weighted by molar-refractivity contribution is 5.89. The molecule has 4 rings (SSSR count). The summed E-state index contributed by atoms with van der Waals surface area (Å²) in [7, 11) is 0. The van der Waals surface area contributed by atoms with Crippen molar-refractivity contribution in [3.8, 4) is 11.5 Å². The van der Waals surface area contributed by atoms with E-state index in [2.05, 4.69) is 15.5 Å². The van der Waals surface area contributed by atoms with Gasteiger partial charge in [0.2, 0.25) is 11.8 Å². The number of carbonyl (C=O) groups is 1. The van der Waals surface area contributed by atoms with Crippen LogP contribution in [0.3, 0.4) is 0 Å². The fourth-order valence-electron chi connectivity index (χ4n) is 3.70. The molecule has 1 unspecified atom stereocenters. The van der Waals surface area contributed by atoms with Gasteiger partial charge in [0.25, 0.3) is 0 Å². The summed E-state index contributed by atoms with van der Waals surface area (Å²) in [5, 5.41) is 11.0. The molecule has 0 bridgehead atoms. The highest BCUT2D eigenvalue weighted by Crippen LogP contribution is 2.32. The summed E-state index contributed by atoms with van der Waals surface area (Å²) in [6.07, 6.45) is -2.84. The van der Waals surface area contributed by atoms with Crippen molar-refractivity contribution in [2.24, 2.45) is 0 Å². The minimum atomic E-state index is -4.40. The van der Waals surface area contributed by atoms with E-state index < -0.39 is 11.7 Å². The topological polar surface area (TPSA) is 71.3 Å². The molecular formula is C23H23F3N4O2. The van der Waals surface area contributed by atoms with E-state index in [1.165, 1.54) is 12.1 Å². The Morgan fingerprint density at radius 1 is 1.09 bits per heavy atom. The van der Waals surface area contributed by atoms with E-state index in [-0.39, 0.29) is 17.8 Å². The van der Waals surface area contributed by atoms with Gasteiger partial charge >= 0.3 is 12.2 Å². The lowest BCUT2D eigenvalue weighted by Crippen LogP contribution is -2.41. The maximum Gasteiger partial charge on any atom is 0.416 e. The first-order chi connectivity index (χ1) is 15.2. The smallest absolute Gasteiger partial charge is 0.416 e. The third-order valence-electron chi connectivity index (χ3n) is 5.72. The molecule has 9 heteroatoms. The Labute approximate surface area is 183 Å². The third kappa shape index (κ3) is 4.76. The molecule has 0 spiro atoms. The summed E-state index contributed by atoms with van der Waals surface area (Å²) in [4.78, 5) is 14.5. The molecular weight excluding hydrogens is 421 g/mol. The minimum absolute atomic E-state index is 0.134. The molecule has 32 heavy (non-hydrogen) atoms. The predicted molar refractivity (Wildman–Crippen MR) is 113 cm³/mol. The number of piperidine rings is 1. The molecule has 0 aliphatic carbocycles. The number of hydrogen-bond donors (Lipinski definition) is 1. The zero-order valence-electron chi connectivity index (χ0n) is 17.7. The number of nitrogens with one attached hydrogen (secondary N) is 1. The van der Waals surface area contributed by atoms with E-state index in [9.17, 15) is 18.0 Å². The van der Waals surface area contributed by atoms with Crippen LogP contribution in [0.25, 0.3) is 11.5 Å². The first-order valence-corrected chi connectivity index (χ1v) is 10.3. The molecule has 1 aliphatic rings. The summed E-state index contributed by atoms with van der Waals surface area (Å²) >= 11 is 0. The van der Waals surface area contributed by atoms with Gasteiger partial charge in [-0.15, -0.1) is 10.2 Å². The van der Waals surface area contributed by atoms with E-state index in [1.807, 2.05) is 32.0 Å². The van der Waals surface area contributed by atoms with Gasteiger partial charge in [-0.2, -0.15) is 13.2 Å². The second-order valence-corrected chi connectivity index (χ2v) is 8.03. The number of hydrogen-bond acceptors (Lipinski definition) is 4. The number of likely N-dealkylation sites (tertiary alicyclic amines) is 1. The van der Waals surface area contributed by atoms with Gasteiger partial charge in [0.1, 0.15) is 0 Å². The van der Waals surface area contributed by atoms with E-state index >= 15 is 0 Å². The number of carbonyl (C=O) groups excluding carboxylic acids is 1. The van der Waals surface area contributed by atoms with Crippen molar-refractivity contribution in [1.29, 1.82) is 0 Å². The molecule has 0 saturated carbocycles. The van der Waals surface area contributed by atoms with Crippen molar-refractivity contribution < 1.29 is 22.4 Å². The quantitative estimate of drug-likeness (QED) is 0.556. The zero-order chi connectivity index (χ0) is 22.9. The molecule has 3 aromatic rings. The van der Waals surface area contributed by atoms with Gasteiger partial charge in [-0.05, 0) is 74.2 Å². The molecule has 1 aromatic heterocycles. The third-order valence-corrected chi connectivity index (χ3v) is 5.72.